The fourth-order valence-corrected chi connectivity index (χ4v) is 4.51. The smallest absolute Gasteiger partial charge is 0.0277 e. The van der Waals surface area contributed by atoms with Gasteiger partial charge in [-0.1, -0.05) is 20.8 Å². The third-order valence-electron chi connectivity index (χ3n) is 6.01. The summed E-state index contributed by atoms with van der Waals surface area (Å²) in [6.07, 6.45) is 2.77. The minimum Gasteiger partial charge on any atom is -0.314 e. The van der Waals surface area contributed by atoms with Gasteiger partial charge in [0.25, 0.3) is 0 Å². The Morgan fingerprint density at radius 3 is 2.48 bits per heavy atom. The first-order valence-electron chi connectivity index (χ1n) is 9.00. The zero-order chi connectivity index (χ0) is 15.6. The molecule has 0 aromatic rings. The molecular weight excluding hydrogens is 258 g/mol. The van der Waals surface area contributed by atoms with Crippen LogP contribution in [0.1, 0.15) is 47.5 Å². The van der Waals surface area contributed by atoms with Crippen molar-refractivity contribution in [2.75, 3.05) is 39.8 Å². The molecule has 1 aliphatic carbocycles. The molecule has 1 saturated carbocycles. The maximum Gasteiger partial charge on any atom is 0.0277 e. The van der Waals surface area contributed by atoms with Crippen LogP contribution >= 0.6 is 0 Å². The van der Waals surface area contributed by atoms with E-state index >= 15 is 0 Å². The molecule has 4 atom stereocenters. The van der Waals surface area contributed by atoms with E-state index in [0.29, 0.717) is 5.54 Å². The Kier molecular flexibility index (Phi) is 5.72. The predicted octanol–water partition coefficient (Wildman–Crippen LogP) is 2.67. The van der Waals surface area contributed by atoms with E-state index in [1.165, 1.54) is 39.0 Å². The van der Waals surface area contributed by atoms with Gasteiger partial charge in [0.2, 0.25) is 0 Å². The fraction of sp³-hybridized carbons (Fsp3) is 1.00. The number of nitrogens with one attached hydrogen (secondary N) is 1. The molecule has 1 aliphatic heterocycles. The van der Waals surface area contributed by atoms with Crippen LogP contribution in [0.2, 0.25) is 0 Å². The highest BCUT2D eigenvalue weighted by Crippen LogP contribution is 2.35. The van der Waals surface area contributed by atoms with Crippen LogP contribution in [0.25, 0.3) is 0 Å². The van der Waals surface area contributed by atoms with E-state index in [-0.39, 0.29) is 0 Å². The number of hydrogen-bond donors (Lipinski definition) is 1. The van der Waals surface area contributed by atoms with E-state index in [9.17, 15) is 0 Å². The van der Waals surface area contributed by atoms with E-state index in [1.54, 1.807) is 0 Å². The van der Waals surface area contributed by atoms with Crippen LogP contribution in [0.4, 0.5) is 0 Å². The van der Waals surface area contributed by atoms with Crippen molar-refractivity contribution in [1.29, 1.82) is 0 Å². The summed E-state index contributed by atoms with van der Waals surface area (Å²) in [4.78, 5) is 5.24. The average Bonchev–Trinajstić information content (AvgIpc) is 2.38. The van der Waals surface area contributed by atoms with Gasteiger partial charge in [-0.3, -0.25) is 9.80 Å². The van der Waals surface area contributed by atoms with Crippen molar-refractivity contribution >= 4 is 0 Å². The molecule has 1 heterocycles. The van der Waals surface area contributed by atoms with Crippen molar-refractivity contribution in [3.63, 3.8) is 0 Å². The van der Waals surface area contributed by atoms with Crippen LogP contribution in [-0.4, -0.2) is 61.2 Å². The molecule has 0 aromatic heterocycles. The van der Waals surface area contributed by atoms with Gasteiger partial charge in [0.05, 0.1) is 0 Å². The summed E-state index contributed by atoms with van der Waals surface area (Å²) in [5.74, 6) is 2.55. The molecule has 4 unspecified atom stereocenters. The van der Waals surface area contributed by atoms with Crippen LogP contribution in [0.15, 0.2) is 0 Å². The average molecular weight is 296 g/mol. The van der Waals surface area contributed by atoms with Crippen LogP contribution in [0.5, 0.6) is 0 Å². The van der Waals surface area contributed by atoms with Gasteiger partial charge in [-0.05, 0) is 58.0 Å². The normalized spacial score (nSPS) is 38.6. The number of hydrogen-bond acceptors (Lipinski definition) is 3. The SMILES string of the molecule is CCNC1CC(C)CC(C)C1CN1CCN(C)C(C)(C)C1. The molecular formula is C18H37N3. The Bertz CT molecular complexity index is 328. The fourth-order valence-electron chi connectivity index (χ4n) is 4.51. The molecule has 1 saturated heterocycles. The van der Waals surface area contributed by atoms with E-state index in [2.05, 4.69) is 56.8 Å². The molecule has 0 radical (unpaired) electrons. The Morgan fingerprint density at radius 2 is 1.86 bits per heavy atom. The number of piperazine rings is 1. The molecule has 0 aromatic carbocycles. The molecule has 0 spiro atoms. The largest absolute Gasteiger partial charge is 0.314 e. The molecule has 3 nitrogen and oxygen atoms in total. The molecule has 2 fully saturated rings. The summed E-state index contributed by atoms with van der Waals surface area (Å²) in [5.41, 5.74) is 0.317. The number of likely N-dealkylation sites (N-methyl/N-ethyl adjacent to an activating group) is 1. The van der Waals surface area contributed by atoms with E-state index in [1.807, 2.05) is 0 Å². The summed E-state index contributed by atoms with van der Waals surface area (Å²) in [6.45, 7) is 18.0. The quantitative estimate of drug-likeness (QED) is 0.860. The van der Waals surface area contributed by atoms with E-state index in [0.717, 1.165) is 30.3 Å². The maximum absolute atomic E-state index is 3.78. The van der Waals surface area contributed by atoms with Gasteiger partial charge in [-0.25, -0.2) is 0 Å². The third kappa shape index (κ3) is 4.20. The number of nitrogens with zero attached hydrogens (tertiary/aromatic N) is 2. The minimum atomic E-state index is 0.317. The Balaban J connectivity index is 1.99. The van der Waals surface area contributed by atoms with Crippen molar-refractivity contribution < 1.29 is 0 Å². The second-order valence-electron chi connectivity index (χ2n) is 8.35. The molecule has 0 amide bonds. The first-order valence-corrected chi connectivity index (χ1v) is 9.00. The zero-order valence-corrected chi connectivity index (χ0v) is 15.2. The van der Waals surface area contributed by atoms with Crippen molar-refractivity contribution in [2.24, 2.45) is 17.8 Å². The van der Waals surface area contributed by atoms with Crippen LogP contribution in [0, 0.1) is 17.8 Å². The van der Waals surface area contributed by atoms with Crippen molar-refractivity contribution in [1.82, 2.24) is 15.1 Å². The Labute approximate surface area is 132 Å². The van der Waals surface area contributed by atoms with Crippen LogP contribution in [-0.2, 0) is 0 Å². The van der Waals surface area contributed by atoms with Gasteiger partial charge < -0.3 is 5.32 Å². The lowest BCUT2D eigenvalue weighted by Gasteiger charge is -2.48. The van der Waals surface area contributed by atoms with Gasteiger partial charge in [0.15, 0.2) is 0 Å². The highest BCUT2D eigenvalue weighted by molar-refractivity contribution is 4.93. The second-order valence-corrected chi connectivity index (χ2v) is 8.35. The first kappa shape index (κ1) is 17.2. The Morgan fingerprint density at radius 1 is 1.14 bits per heavy atom. The lowest BCUT2D eigenvalue weighted by molar-refractivity contribution is 0.0137. The maximum atomic E-state index is 3.78. The van der Waals surface area contributed by atoms with E-state index < -0.39 is 0 Å². The lowest BCUT2D eigenvalue weighted by atomic mass is 9.72. The number of rotatable bonds is 4. The molecule has 1 N–H and O–H groups in total. The van der Waals surface area contributed by atoms with Crippen LogP contribution in [0.3, 0.4) is 0 Å². The predicted molar refractivity (Wildman–Crippen MR) is 91.7 cm³/mol. The van der Waals surface area contributed by atoms with Crippen molar-refractivity contribution in [2.45, 2.75) is 59.0 Å². The summed E-state index contributed by atoms with van der Waals surface area (Å²) in [5, 5.41) is 3.78. The molecule has 21 heavy (non-hydrogen) atoms. The molecule has 3 heteroatoms. The lowest BCUT2D eigenvalue weighted by Crippen LogP contribution is -2.59. The van der Waals surface area contributed by atoms with Gasteiger partial charge in [-0.15, -0.1) is 0 Å². The molecule has 2 rings (SSSR count). The van der Waals surface area contributed by atoms with Gasteiger partial charge in [-0.2, -0.15) is 0 Å². The zero-order valence-electron chi connectivity index (χ0n) is 15.2. The monoisotopic (exact) mass is 295 g/mol. The highest BCUT2D eigenvalue weighted by atomic mass is 15.3. The van der Waals surface area contributed by atoms with Crippen molar-refractivity contribution in [3.05, 3.63) is 0 Å². The minimum absolute atomic E-state index is 0.317. The summed E-state index contributed by atoms with van der Waals surface area (Å²) < 4.78 is 0. The molecule has 124 valence electrons. The second kappa shape index (κ2) is 6.97. The summed E-state index contributed by atoms with van der Waals surface area (Å²) in [6, 6.07) is 0.719. The Hall–Kier alpha value is -0.120. The first-order chi connectivity index (χ1) is 9.83. The molecule has 0 bridgehead atoms. The van der Waals surface area contributed by atoms with Crippen molar-refractivity contribution in [3.8, 4) is 0 Å². The van der Waals surface area contributed by atoms with Gasteiger partial charge in [0.1, 0.15) is 0 Å². The van der Waals surface area contributed by atoms with Gasteiger partial charge >= 0.3 is 0 Å². The standard InChI is InChI=1S/C18H37N3/c1-7-19-17-11-14(2)10-15(3)16(17)12-21-9-8-20(6)18(4,5)13-21/h14-17,19H,7-13H2,1-6H3. The van der Waals surface area contributed by atoms with Crippen LogP contribution < -0.4 is 5.32 Å². The summed E-state index contributed by atoms with van der Waals surface area (Å²) >= 11 is 0. The summed E-state index contributed by atoms with van der Waals surface area (Å²) in [7, 11) is 2.27. The van der Waals surface area contributed by atoms with Gasteiger partial charge in [0, 0.05) is 37.8 Å². The highest BCUT2D eigenvalue weighted by Gasteiger charge is 2.37. The van der Waals surface area contributed by atoms with E-state index in [4.69, 9.17) is 0 Å². The molecule has 2 aliphatic rings. The third-order valence-corrected chi connectivity index (χ3v) is 6.01. The topological polar surface area (TPSA) is 18.5 Å².